The second kappa shape index (κ2) is 5.03. The van der Waals surface area contributed by atoms with Gasteiger partial charge in [0.1, 0.15) is 0 Å². The smallest absolute Gasteiger partial charge is 0.0594 e. The number of likely N-dealkylation sites (N-methyl/N-ethyl adjacent to an activating group) is 1. The van der Waals surface area contributed by atoms with Gasteiger partial charge in [0.2, 0.25) is 0 Å². The predicted molar refractivity (Wildman–Crippen MR) is 68.8 cm³/mol. The Morgan fingerprint density at radius 3 is 1.94 bits per heavy atom. The second-order valence-electron chi connectivity index (χ2n) is 6.34. The fourth-order valence-electron chi connectivity index (χ4n) is 3.17. The van der Waals surface area contributed by atoms with E-state index in [9.17, 15) is 0 Å². The number of nitrogens with zero attached hydrogens (tertiary/aromatic N) is 1. The molecule has 1 saturated heterocycles. The summed E-state index contributed by atoms with van der Waals surface area (Å²) in [4.78, 5) is 2.54. The molecule has 0 bridgehead atoms. The minimum absolute atomic E-state index is 0.163. The first-order valence-electron chi connectivity index (χ1n) is 6.30. The Hall–Kier alpha value is -0.120. The second-order valence-corrected chi connectivity index (χ2v) is 6.34. The molecule has 1 N–H and O–H groups in total. The van der Waals surface area contributed by atoms with Gasteiger partial charge in [-0.15, -0.1) is 0 Å². The van der Waals surface area contributed by atoms with Crippen molar-refractivity contribution in [2.24, 2.45) is 5.41 Å². The first kappa shape index (κ1) is 13.9. The Labute approximate surface area is 101 Å². The van der Waals surface area contributed by atoms with Gasteiger partial charge in [-0.25, -0.2) is 0 Å². The van der Waals surface area contributed by atoms with Gasteiger partial charge in [0, 0.05) is 24.7 Å². The zero-order valence-electron chi connectivity index (χ0n) is 11.8. The zero-order chi connectivity index (χ0) is 12.4. The summed E-state index contributed by atoms with van der Waals surface area (Å²) in [6.07, 6.45) is 0. The average Bonchev–Trinajstić information content (AvgIpc) is 2.17. The van der Waals surface area contributed by atoms with Crippen LogP contribution in [0.5, 0.6) is 0 Å². The summed E-state index contributed by atoms with van der Waals surface area (Å²) in [5.74, 6) is 0. The third kappa shape index (κ3) is 2.96. The van der Waals surface area contributed by atoms with Gasteiger partial charge in [-0.2, -0.15) is 0 Å². The molecule has 0 amide bonds. The van der Waals surface area contributed by atoms with Crippen LogP contribution >= 0.6 is 0 Å². The van der Waals surface area contributed by atoms with E-state index in [4.69, 9.17) is 4.74 Å². The van der Waals surface area contributed by atoms with E-state index in [1.54, 1.807) is 0 Å². The molecule has 3 nitrogen and oxygen atoms in total. The normalized spacial score (nSPS) is 22.1. The Morgan fingerprint density at radius 2 is 1.56 bits per heavy atom. The SMILES string of the molecule is CNC(C(C)(C)C)C(C)(C)N1CCOCC1. The molecule has 16 heavy (non-hydrogen) atoms. The quantitative estimate of drug-likeness (QED) is 0.796. The van der Waals surface area contributed by atoms with E-state index in [0.29, 0.717) is 6.04 Å². The van der Waals surface area contributed by atoms with Crippen LogP contribution in [0.15, 0.2) is 0 Å². The first-order valence-corrected chi connectivity index (χ1v) is 6.30. The predicted octanol–water partition coefficient (Wildman–Crippen LogP) is 1.73. The lowest BCUT2D eigenvalue weighted by atomic mass is 9.75. The summed E-state index contributed by atoms with van der Waals surface area (Å²) in [7, 11) is 2.07. The van der Waals surface area contributed by atoms with Gasteiger partial charge < -0.3 is 10.1 Å². The topological polar surface area (TPSA) is 24.5 Å². The van der Waals surface area contributed by atoms with Crippen molar-refractivity contribution in [2.45, 2.75) is 46.2 Å². The zero-order valence-corrected chi connectivity index (χ0v) is 11.8. The van der Waals surface area contributed by atoms with Crippen LogP contribution in [0.3, 0.4) is 0 Å². The minimum atomic E-state index is 0.163. The number of ether oxygens (including phenoxy) is 1. The Balaban J connectivity index is 2.80. The molecule has 0 radical (unpaired) electrons. The van der Waals surface area contributed by atoms with Gasteiger partial charge in [-0.05, 0) is 26.3 Å². The maximum absolute atomic E-state index is 5.43. The Morgan fingerprint density at radius 1 is 1.06 bits per heavy atom. The lowest BCUT2D eigenvalue weighted by Crippen LogP contribution is -2.63. The van der Waals surface area contributed by atoms with Crippen molar-refractivity contribution in [3.8, 4) is 0 Å². The third-order valence-corrected chi connectivity index (χ3v) is 3.69. The van der Waals surface area contributed by atoms with Gasteiger partial charge in [-0.1, -0.05) is 20.8 Å². The highest BCUT2D eigenvalue weighted by Gasteiger charge is 2.41. The standard InChI is InChI=1S/C13H28N2O/c1-12(2,3)11(14-6)13(4,5)15-7-9-16-10-8-15/h11,14H,7-10H2,1-6H3. The van der Waals surface area contributed by atoms with Crippen LogP contribution in [0, 0.1) is 5.41 Å². The summed E-state index contributed by atoms with van der Waals surface area (Å²) in [5, 5.41) is 3.50. The minimum Gasteiger partial charge on any atom is -0.379 e. The van der Waals surface area contributed by atoms with Gasteiger partial charge in [-0.3, -0.25) is 4.90 Å². The lowest BCUT2D eigenvalue weighted by molar-refractivity contribution is -0.0381. The van der Waals surface area contributed by atoms with E-state index >= 15 is 0 Å². The van der Waals surface area contributed by atoms with E-state index < -0.39 is 0 Å². The van der Waals surface area contributed by atoms with Gasteiger partial charge in [0.15, 0.2) is 0 Å². The van der Waals surface area contributed by atoms with E-state index in [-0.39, 0.29) is 11.0 Å². The Bertz CT molecular complexity index is 214. The summed E-state index contributed by atoms with van der Waals surface area (Å²) in [5.41, 5.74) is 0.424. The van der Waals surface area contributed by atoms with Crippen LogP contribution in [-0.2, 0) is 4.74 Å². The number of hydrogen-bond acceptors (Lipinski definition) is 3. The molecule has 1 unspecified atom stereocenters. The number of rotatable bonds is 3. The molecule has 1 aliphatic heterocycles. The molecule has 1 fully saturated rings. The van der Waals surface area contributed by atoms with Gasteiger partial charge >= 0.3 is 0 Å². The summed E-state index contributed by atoms with van der Waals surface area (Å²) >= 11 is 0. The lowest BCUT2D eigenvalue weighted by Gasteiger charge is -2.50. The van der Waals surface area contributed by atoms with Crippen LogP contribution in [0.4, 0.5) is 0 Å². The van der Waals surface area contributed by atoms with Crippen LogP contribution in [0.2, 0.25) is 0 Å². The maximum atomic E-state index is 5.43. The van der Waals surface area contributed by atoms with Crippen molar-refractivity contribution in [3.05, 3.63) is 0 Å². The van der Waals surface area contributed by atoms with Gasteiger partial charge in [0.05, 0.1) is 13.2 Å². The van der Waals surface area contributed by atoms with Crippen LogP contribution in [-0.4, -0.2) is 49.8 Å². The van der Waals surface area contributed by atoms with Gasteiger partial charge in [0.25, 0.3) is 0 Å². The van der Waals surface area contributed by atoms with Crippen LogP contribution in [0.25, 0.3) is 0 Å². The van der Waals surface area contributed by atoms with Crippen molar-refractivity contribution in [3.63, 3.8) is 0 Å². The van der Waals surface area contributed by atoms with E-state index in [2.05, 4.69) is 51.9 Å². The van der Waals surface area contributed by atoms with Crippen molar-refractivity contribution < 1.29 is 4.74 Å². The molecular weight excluding hydrogens is 200 g/mol. The number of nitrogens with one attached hydrogen (secondary N) is 1. The maximum Gasteiger partial charge on any atom is 0.0594 e. The molecule has 0 aromatic carbocycles. The largest absolute Gasteiger partial charge is 0.379 e. The van der Waals surface area contributed by atoms with Crippen molar-refractivity contribution in [1.82, 2.24) is 10.2 Å². The van der Waals surface area contributed by atoms with Crippen molar-refractivity contribution in [2.75, 3.05) is 33.4 Å². The molecule has 1 rings (SSSR count). The fourth-order valence-corrected chi connectivity index (χ4v) is 3.17. The van der Waals surface area contributed by atoms with Crippen molar-refractivity contribution in [1.29, 1.82) is 0 Å². The highest BCUT2D eigenvalue weighted by Crippen LogP contribution is 2.32. The highest BCUT2D eigenvalue weighted by atomic mass is 16.5. The number of hydrogen-bond donors (Lipinski definition) is 1. The van der Waals surface area contributed by atoms with Crippen LogP contribution in [0.1, 0.15) is 34.6 Å². The monoisotopic (exact) mass is 228 g/mol. The molecule has 96 valence electrons. The highest BCUT2D eigenvalue weighted by molar-refractivity contribution is 4.99. The average molecular weight is 228 g/mol. The summed E-state index contributed by atoms with van der Waals surface area (Å²) < 4.78 is 5.43. The molecule has 3 heteroatoms. The Kier molecular flexibility index (Phi) is 4.38. The number of morpholine rings is 1. The molecule has 0 saturated carbocycles. The summed E-state index contributed by atoms with van der Waals surface area (Å²) in [6, 6.07) is 0.470. The molecule has 0 aliphatic carbocycles. The van der Waals surface area contributed by atoms with E-state index in [1.807, 2.05) is 0 Å². The molecule has 1 atom stereocenters. The summed E-state index contributed by atoms with van der Waals surface area (Å²) in [6.45, 7) is 15.4. The molecule has 1 aliphatic rings. The molecular formula is C13H28N2O. The van der Waals surface area contributed by atoms with Crippen LogP contribution < -0.4 is 5.32 Å². The first-order chi connectivity index (χ1) is 7.30. The molecule has 0 spiro atoms. The molecule has 1 heterocycles. The third-order valence-electron chi connectivity index (χ3n) is 3.69. The molecule has 0 aromatic rings. The van der Waals surface area contributed by atoms with E-state index in [1.165, 1.54) is 0 Å². The van der Waals surface area contributed by atoms with Crippen molar-refractivity contribution >= 4 is 0 Å². The fraction of sp³-hybridized carbons (Fsp3) is 1.00. The molecule has 0 aromatic heterocycles. The van der Waals surface area contributed by atoms with E-state index in [0.717, 1.165) is 26.3 Å².